The molecule has 2 rings (SSSR count). The molecular formula is C24H29NO3. The van der Waals surface area contributed by atoms with E-state index in [4.69, 9.17) is 9.47 Å². The Hall–Kier alpha value is -2.88. The van der Waals surface area contributed by atoms with Gasteiger partial charge in [-0.05, 0) is 67.3 Å². The van der Waals surface area contributed by atoms with Crippen molar-refractivity contribution >= 4 is 17.9 Å². The number of rotatable bonds is 11. The van der Waals surface area contributed by atoms with Gasteiger partial charge in [0, 0.05) is 18.2 Å². The highest BCUT2D eigenvalue weighted by Crippen LogP contribution is 2.16. The van der Waals surface area contributed by atoms with Crippen LogP contribution in [0.2, 0.25) is 0 Å². The molecule has 2 aromatic carbocycles. The average Bonchev–Trinajstić information content (AvgIpc) is 2.72. The van der Waals surface area contributed by atoms with Gasteiger partial charge in [-0.3, -0.25) is 4.99 Å². The molecule has 28 heavy (non-hydrogen) atoms. The molecule has 0 atom stereocenters. The first kappa shape index (κ1) is 21.4. The zero-order valence-electron chi connectivity index (χ0n) is 16.8. The van der Waals surface area contributed by atoms with Crippen LogP contribution in [-0.4, -0.2) is 25.4 Å². The smallest absolute Gasteiger partial charge is 0.333 e. The van der Waals surface area contributed by atoms with E-state index in [9.17, 15) is 4.79 Å². The predicted octanol–water partition coefficient (Wildman–Crippen LogP) is 5.67. The third-order valence-corrected chi connectivity index (χ3v) is 4.14. The number of benzene rings is 2. The number of nitrogens with zero attached hydrogens (tertiary/aromatic N) is 1. The summed E-state index contributed by atoms with van der Waals surface area (Å²) in [5.41, 5.74) is 3.73. The van der Waals surface area contributed by atoms with E-state index in [1.807, 2.05) is 30.5 Å². The Balaban J connectivity index is 1.75. The van der Waals surface area contributed by atoms with Crippen molar-refractivity contribution < 1.29 is 14.3 Å². The summed E-state index contributed by atoms with van der Waals surface area (Å²) in [7, 11) is 0. The minimum atomic E-state index is -0.362. The molecule has 4 heteroatoms. The summed E-state index contributed by atoms with van der Waals surface area (Å²) in [6.07, 6.45) is 6.04. The van der Waals surface area contributed by atoms with Crippen LogP contribution >= 0.6 is 0 Å². The van der Waals surface area contributed by atoms with Crippen molar-refractivity contribution in [3.63, 3.8) is 0 Å². The highest BCUT2D eigenvalue weighted by Gasteiger charge is 2.02. The minimum Gasteiger partial charge on any atom is -0.493 e. The van der Waals surface area contributed by atoms with Gasteiger partial charge in [0.25, 0.3) is 0 Å². The fourth-order valence-electron chi connectivity index (χ4n) is 2.47. The van der Waals surface area contributed by atoms with E-state index in [-0.39, 0.29) is 5.97 Å². The number of carbonyl (C=O) groups excluding carboxylic acids is 1. The maximum Gasteiger partial charge on any atom is 0.333 e. The first-order valence-electron chi connectivity index (χ1n) is 9.77. The van der Waals surface area contributed by atoms with Crippen molar-refractivity contribution in [1.82, 2.24) is 0 Å². The first-order chi connectivity index (χ1) is 13.6. The Morgan fingerprint density at radius 3 is 2.39 bits per heavy atom. The third kappa shape index (κ3) is 7.78. The maximum absolute atomic E-state index is 11.3. The molecule has 148 valence electrons. The molecule has 0 spiro atoms. The Labute approximate surface area is 167 Å². The van der Waals surface area contributed by atoms with Crippen LogP contribution in [0.1, 0.15) is 44.2 Å². The van der Waals surface area contributed by atoms with Gasteiger partial charge in [0.1, 0.15) is 5.75 Å². The fourth-order valence-corrected chi connectivity index (χ4v) is 2.47. The van der Waals surface area contributed by atoms with Gasteiger partial charge < -0.3 is 9.47 Å². The van der Waals surface area contributed by atoms with Crippen LogP contribution in [0.3, 0.4) is 0 Å². The number of esters is 1. The van der Waals surface area contributed by atoms with E-state index in [0.717, 1.165) is 23.4 Å². The zero-order valence-corrected chi connectivity index (χ0v) is 16.8. The SMILES string of the molecule is C=C(C)C(=O)OCCCOc1ccc(C=Nc2ccc(CCCC)cc2)cc1. The quantitative estimate of drug-likeness (QED) is 0.219. The Morgan fingerprint density at radius 1 is 1.04 bits per heavy atom. The van der Waals surface area contributed by atoms with E-state index in [0.29, 0.717) is 25.2 Å². The van der Waals surface area contributed by atoms with Crippen LogP contribution < -0.4 is 4.74 Å². The van der Waals surface area contributed by atoms with Gasteiger partial charge >= 0.3 is 5.97 Å². The van der Waals surface area contributed by atoms with Crippen LogP contribution in [0, 0.1) is 0 Å². The standard InChI is InChI=1S/C24H29NO3/c1-4-5-7-20-8-12-22(13-9-20)25-18-21-10-14-23(15-11-21)27-16-6-17-28-24(26)19(2)3/h8-15,18H,2,4-7,16-17H2,1,3H3. The summed E-state index contributed by atoms with van der Waals surface area (Å²) in [5, 5.41) is 0. The number of hydrogen-bond donors (Lipinski definition) is 0. The average molecular weight is 380 g/mol. The van der Waals surface area contributed by atoms with E-state index in [1.165, 1.54) is 18.4 Å². The van der Waals surface area contributed by atoms with Gasteiger partial charge in [-0.25, -0.2) is 4.79 Å². The molecule has 4 nitrogen and oxygen atoms in total. The highest BCUT2D eigenvalue weighted by atomic mass is 16.5. The summed E-state index contributed by atoms with van der Waals surface area (Å²) in [6, 6.07) is 16.2. The lowest BCUT2D eigenvalue weighted by atomic mass is 10.1. The molecule has 0 aromatic heterocycles. The zero-order chi connectivity index (χ0) is 20.2. The number of aliphatic imine (C=N–C) groups is 1. The normalized spacial score (nSPS) is 10.8. The van der Waals surface area contributed by atoms with Crippen molar-refractivity contribution in [2.24, 2.45) is 4.99 Å². The van der Waals surface area contributed by atoms with E-state index in [2.05, 4.69) is 42.8 Å². The summed E-state index contributed by atoms with van der Waals surface area (Å²) >= 11 is 0. The van der Waals surface area contributed by atoms with Crippen LogP contribution in [0.5, 0.6) is 5.75 Å². The monoisotopic (exact) mass is 379 g/mol. The topological polar surface area (TPSA) is 47.9 Å². The predicted molar refractivity (Wildman–Crippen MR) is 115 cm³/mol. The molecule has 0 N–H and O–H groups in total. The van der Waals surface area contributed by atoms with Crippen molar-refractivity contribution in [3.05, 3.63) is 71.8 Å². The molecule has 2 aromatic rings. The lowest BCUT2D eigenvalue weighted by Gasteiger charge is -2.07. The number of aryl methyl sites for hydroxylation is 1. The molecule has 0 unspecified atom stereocenters. The maximum atomic E-state index is 11.3. The molecule has 0 fully saturated rings. The fraction of sp³-hybridized carbons (Fsp3) is 0.333. The molecule has 0 saturated heterocycles. The largest absolute Gasteiger partial charge is 0.493 e. The Bertz CT molecular complexity index is 777. The summed E-state index contributed by atoms with van der Waals surface area (Å²) in [6.45, 7) is 8.19. The molecule has 0 radical (unpaired) electrons. The van der Waals surface area contributed by atoms with Crippen LogP contribution in [-0.2, 0) is 16.0 Å². The van der Waals surface area contributed by atoms with Crippen LogP contribution in [0.25, 0.3) is 0 Å². The van der Waals surface area contributed by atoms with Crippen LogP contribution in [0.15, 0.2) is 65.7 Å². The lowest BCUT2D eigenvalue weighted by Crippen LogP contribution is -2.09. The first-order valence-corrected chi connectivity index (χ1v) is 9.77. The van der Waals surface area contributed by atoms with Crippen molar-refractivity contribution in [2.75, 3.05) is 13.2 Å². The summed E-state index contributed by atoms with van der Waals surface area (Å²) in [5.74, 6) is 0.419. The molecule has 0 heterocycles. The summed E-state index contributed by atoms with van der Waals surface area (Å²) < 4.78 is 10.7. The number of carbonyl (C=O) groups is 1. The number of unbranched alkanes of at least 4 members (excludes halogenated alkanes) is 1. The Morgan fingerprint density at radius 2 is 1.75 bits per heavy atom. The second-order valence-corrected chi connectivity index (χ2v) is 6.72. The van der Waals surface area contributed by atoms with Crippen LogP contribution in [0.4, 0.5) is 5.69 Å². The van der Waals surface area contributed by atoms with Gasteiger partial charge in [-0.1, -0.05) is 32.1 Å². The van der Waals surface area contributed by atoms with Gasteiger partial charge in [-0.15, -0.1) is 0 Å². The van der Waals surface area contributed by atoms with Gasteiger partial charge in [0.15, 0.2) is 0 Å². The molecule has 0 aliphatic carbocycles. The van der Waals surface area contributed by atoms with E-state index in [1.54, 1.807) is 6.92 Å². The summed E-state index contributed by atoms with van der Waals surface area (Å²) in [4.78, 5) is 15.8. The van der Waals surface area contributed by atoms with E-state index < -0.39 is 0 Å². The van der Waals surface area contributed by atoms with E-state index >= 15 is 0 Å². The van der Waals surface area contributed by atoms with Gasteiger partial charge in [-0.2, -0.15) is 0 Å². The van der Waals surface area contributed by atoms with Crippen molar-refractivity contribution in [2.45, 2.75) is 39.5 Å². The second kappa shape index (κ2) is 11.8. The molecule has 0 aliphatic rings. The van der Waals surface area contributed by atoms with Crippen molar-refractivity contribution in [3.8, 4) is 5.75 Å². The molecule has 0 saturated carbocycles. The second-order valence-electron chi connectivity index (χ2n) is 6.72. The van der Waals surface area contributed by atoms with Gasteiger partial charge in [0.2, 0.25) is 0 Å². The number of hydrogen-bond acceptors (Lipinski definition) is 4. The minimum absolute atomic E-state index is 0.327. The molecular weight excluding hydrogens is 350 g/mol. The van der Waals surface area contributed by atoms with Crippen molar-refractivity contribution in [1.29, 1.82) is 0 Å². The molecule has 0 bridgehead atoms. The lowest BCUT2D eigenvalue weighted by molar-refractivity contribution is -0.139. The Kier molecular flexibility index (Phi) is 8.99. The molecule has 0 aliphatic heterocycles. The number of ether oxygens (including phenoxy) is 2. The van der Waals surface area contributed by atoms with Gasteiger partial charge in [0.05, 0.1) is 18.9 Å². The highest BCUT2D eigenvalue weighted by molar-refractivity contribution is 5.86. The third-order valence-electron chi connectivity index (χ3n) is 4.14. The molecule has 0 amide bonds.